The van der Waals surface area contributed by atoms with Crippen LogP contribution in [0.2, 0.25) is 0 Å². The second-order valence-corrected chi connectivity index (χ2v) is 5.75. The number of hydrogen-bond acceptors (Lipinski definition) is 2. The van der Waals surface area contributed by atoms with Crippen molar-refractivity contribution in [3.8, 4) is 0 Å². The van der Waals surface area contributed by atoms with Crippen molar-refractivity contribution in [2.45, 2.75) is 39.7 Å². The SMILES string of the molecule is Cc1ccc(C)c(CC(=O)NC2CNCCC2C)c1. The Balaban J connectivity index is 1.95. The van der Waals surface area contributed by atoms with E-state index in [-0.39, 0.29) is 11.9 Å². The highest BCUT2D eigenvalue weighted by Crippen LogP contribution is 2.13. The number of benzene rings is 1. The molecular weight excluding hydrogens is 236 g/mol. The largest absolute Gasteiger partial charge is 0.352 e. The van der Waals surface area contributed by atoms with Gasteiger partial charge in [-0.25, -0.2) is 0 Å². The molecule has 1 aromatic carbocycles. The first-order valence-corrected chi connectivity index (χ1v) is 7.12. The average Bonchev–Trinajstić information content (AvgIpc) is 2.37. The highest BCUT2D eigenvalue weighted by molar-refractivity contribution is 5.79. The van der Waals surface area contributed by atoms with E-state index in [0.29, 0.717) is 12.3 Å². The second-order valence-electron chi connectivity index (χ2n) is 5.75. The zero-order valence-electron chi connectivity index (χ0n) is 12.1. The number of aryl methyl sites for hydroxylation is 2. The Kier molecular flexibility index (Phi) is 4.59. The number of rotatable bonds is 3. The third-order valence-electron chi connectivity index (χ3n) is 4.03. The molecule has 0 aromatic heterocycles. The number of amides is 1. The van der Waals surface area contributed by atoms with Crippen molar-refractivity contribution in [3.63, 3.8) is 0 Å². The maximum Gasteiger partial charge on any atom is 0.224 e. The summed E-state index contributed by atoms with van der Waals surface area (Å²) in [5.74, 6) is 0.693. The van der Waals surface area contributed by atoms with E-state index < -0.39 is 0 Å². The lowest BCUT2D eigenvalue weighted by Gasteiger charge is -2.30. The highest BCUT2D eigenvalue weighted by atomic mass is 16.1. The minimum Gasteiger partial charge on any atom is -0.352 e. The molecule has 1 fully saturated rings. The molecule has 3 heteroatoms. The number of piperidine rings is 1. The monoisotopic (exact) mass is 260 g/mol. The molecule has 19 heavy (non-hydrogen) atoms. The van der Waals surface area contributed by atoms with Gasteiger partial charge in [-0.1, -0.05) is 30.7 Å². The number of hydrogen-bond donors (Lipinski definition) is 2. The van der Waals surface area contributed by atoms with Crippen molar-refractivity contribution >= 4 is 5.91 Å². The molecule has 0 aliphatic carbocycles. The first-order chi connectivity index (χ1) is 9.06. The summed E-state index contributed by atoms with van der Waals surface area (Å²) in [4.78, 5) is 12.2. The second kappa shape index (κ2) is 6.20. The van der Waals surface area contributed by atoms with E-state index in [2.05, 4.69) is 49.6 Å². The van der Waals surface area contributed by atoms with Crippen LogP contribution in [0.25, 0.3) is 0 Å². The molecule has 1 aliphatic rings. The Bertz CT molecular complexity index is 456. The van der Waals surface area contributed by atoms with E-state index >= 15 is 0 Å². The average molecular weight is 260 g/mol. The van der Waals surface area contributed by atoms with Gasteiger partial charge in [-0.3, -0.25) is 4.79 Å². The van der Waals surface area contributed by atoms with E-state index in [4.69, 9.17) is 0 Å². The fourth-order valence-electron chi connectivity index (χ4n) is 2.60. The molecule has 1 aromatic rings. The Morgan fingerprint density at radius 2 is 2.21 bits per heavy atom. The molecule has 2 unspecified atom stereocenters. The lowest BCUT2D eigenvalue weighted by Crippen LogP contribution is -2.50. The van der Waals surface area contributed by atoms with E-state index in [1.165, 1.54) is 11.1 Å². The molecule has 1 amide bonds. The molecule has 2 atom stereocenters. The smallest absolute Gasteiger partial charge is 0.224 e. The van der Waals surface area contributed by atoms with Gasteiger partial charge in [-0.15, -0.1) is 0 Å². The molecule has 2 N–H and O–H groups in total. The normalized spacial score (nSPS) is 23.1. The molecule has 0 saturated carbocycles. The Morgan fingerprint density at radius 3 is 2.95 bits per heavy atom. The van der Waals surface area contributed by atoms with Gasteiger partial charge in [-0.2, -0.15) is 0 Å². The van der Waals surface area contributed by atoms with Gasteiger partial charge in [0.2, 0.25) is 5.91 Å². The van der Waals surface area contributed by atoms with Crippen LogP contribution in [0.1, 0.15) is 30.0 Å². The molecule has 3 nitrogen and oxygen atoms in total. The molecule has 0 bridgehead atoms. The van der Waals surface area contributed by atoms with Crippen LogP contribution < -0.4 is 10.6 Å². The molecule has 1 heterocycles. The maximum atomic E-state index is 12.2. The molecule has 2 rings (SSSR count). The topological polar surface area (TPSA) is 41.1 Å². The van der Waals surface area contributed by atoms with Crippen LogP contribution in [-0.2, 0) is 11.2 Å². The number of nitrogens with one attached hydrogen (secondary N) is 2. The molecular formula is C16H24N2O. The third kappa shape index (κ3) is 3.80. The van der Waals surface area contributed by atoms with Gasteiger partial charge in [0.05, 0.1) is 6.42 Å². The van der Waals surface area contributed by atoms with Crippen molar-refractivity contribution in [3.05, 3.63) is 34.9 Å². The van der Waals surface area contributed by atoms with E-state index in [1.54, 1.807) is 0 Å². The van der Waals surface area contributed by atoms with E-state index in [0.717, 1.165) is 25.1 Å². The van der Waals surface area contributed by atoms with Gasteiger partial charge < -0.3 is 10.6 Å². The molecule has 0 spiro atoms. The van der Waals surface area contributed by atoms with Crippen molar-refractivity contribution in [2.75, 3.05) is 13.1 Å². The quantitative estimate of drug-likeness (QED) is 0.872. The first-order valence-electron chi connectivity index (χ1n) is 7.12. The standard InChI is InChI=1S/C16H24N2O/c1-11-4-5-12(2)14(8-11)9-16(19)18-15-10-17-7-6-13(15)3/h4-5,8,13,15,17H,6-7,9-10H2,1-3H3,(H,18,19). The lowest BCUT2D eigenvalue weighted by molar-refractivity contribution is -0.121. The Morgan fingerprint density at radius 1 is 1.42 bits per heavy atom. The number of carbonyl (C=O) groups is 1. The predicted molar refractivity (Wildman–Crippen MR) is 78.2 cm³/mol. The van der Waals surface area contributed by atoms with Crippen LogP contribution >= 0.6 is 0 Å². The van der Waals surface area contributed by atoms with Gasteiger partial charge >= 0.3 is 0 Å². The Labute approximate surface area is 115 Å². The molecule has 1 aliphatic heterocycles. The first kappa shape index (κ1) is 14.1. The summed E-state index contributed by atoms with van der Waals surface area (Å²) >= 11 is 0. The predicted octanol–water partition coefficient (Wildman–Crippen LogP) is 1.96. The summed E-state index contributed by atoms with van der Waals surface area (Å²) in [6.45, 7) is 8.29. The lowest BCUT2D eigenvalue weighted by atomic mass is 9.94. The fraction of sp³-hybridized carbons (Fsp3) is 0.562. The minimum atomic E-state index is 0.134. The van der Waals surface area contributed by atoms with E-state index in [1.807, 2.05) is 0 Å². The van der Waals surface area contributed by atoms with Crippen LogP contribution in [-0.4, -0.2) is 25.0 Å². The zero-order valence-corrected chi connectivity index (χ0v) is 12.1. The minimum absolute atomic E-state index is 0.134. The van der Waals surface area contributed by atoms with Gasteiger partial charge in [0.25, 0.3) is 0 Å². The van der Waals surface area contributed by atoms with Crippen molar-refractivity contribution in [1.29, 1.82) is 0 Å². The summed E-state index contributed by atoms with van der Waals surface area (Å²) in [6.07, 6.45) is 1.62. The van der Waals surface area contributed by atoms with Crippen molar-refractivity contribution in [2.24, 2.45) is 5.92 Å². The molecule has 1 saturated heterocycles. The summed E-state index contributed by atoms with van der Waals surface area (Å²) < 4.78 is 0. The maximum absolute atomic E-state index is 12.2. The van der Waals surface area contributed by atoms with Crippen LogP contribution in [0.5, 0.6) is 0 Å². The van der Waals surface area contributed by atoms with Crippen molar-refractivity contribution in [1.82, 2.24) is 10.6 Å². The summed E-state index contributed by atoms with van der Waals surface area (Å²) in [7, 11) is 0. The zero-order chi connectivity index (χ0) is 13.8. The molecule has 104 valence electrons. The van der Waals surface area contributed by atoms with Crippen LogP contribution in [0.15, 0.2) is 18.2 Å². The van der Waals surface area contributed by atoms with Gasteiger partial charge in [-0.05, 0) is 43.9 Å². The molecule has 0 radical (unpaired) electrons. The van der Waals surface area contributed by atoms with Gasteiger partial charge in [0.1, 0.15) is 0 Å². The van der Waals surface area contributed by atoms with E-state index in [9.17, 15) is 4.79 Å². The summed E-state index contributed by atoms with van der Waals surface area (Å²) in [5.41, 5.74) is 3.53. The highest BCUT2D eigenvalue weighted by Gasteiger charge is 2.22. The van der Waals surface area contributed by atoms with Crippen LogP contribution in [0, 0.1) is 19.8 Å². The number of carbonyl (C=O) groups excluding carboxylic acids is 1. The summed E-state index contributed by atoms with van der Waals surface area (Å²) in [6, 6.07) is 6.55. The fourth-order valence-corrected chi connectivity index (χ4v) is 2.60. The van der Waals surface area contributed by atoms with Gasteiger partial charge in [0, 0.05) is 12.6 Å². The Hall–Kier alpha value is -1.35. The summed E-state index contributed by atoms with van der Waals surface area (Å²) in [5, 5.41) is 6.50. The van der Waals surface area contributed by atoms with Gasteiger partial charge in [0.15, 0.2) is 0 Å². The van der Waals surface area contributed by atoms with Crippen LogP contribution in [0.3, 0.4) is 0 Å². The van der Waals surface area contributed by atoms with Crippen LogP contribution in [0.4, 0.5) is 0 Å². The third-order valence-corrected chi connectivity index (χ3v) is 4.03. The van der Waals surface area contributed by atoms with Crippen molar-refractivity contribution < 1.29 is 4.79 Å².